The van der Waals surface area contributed by atoms with Crippen molar-refractivity contribution in [1.82, 2.24) is 5.32 Å². The van der Waals surface area contributed by atoms with E-state index in [-0.39, 0.29) is 0 Å². The first-order valence-corrected chi connectivity index (χ1v) is 8.04. The first-order valence-electron chi connectivity index (χ1n) is 7.60. The fraction of sp³-hybridized carbons (Fsp3) is 1.00. The van der Waals surface area contributed by atoms with Gasteiger partial charge in [-0.3, -0.25) is 0 Å². The molecule has 104 valence electrons. The molecule has 0 aromatic carbocycles. The largest absolute Gasteiger partial charge is 0.315 e. The lowest BCUT2D eigenvalue weighted by atomic mass is 9.99. The van der Waals surface area contributed by atoms with E-state index in [0.717, 1.165) is 13.1 Å². The molecule has 17 heavy (non-hydrogen) atoms. The Kier molecular flexibility index (Phi) is 12.9. The quantitative estimate of drug-likeness (QED) is 0.386. The van der Waals surface area contributed by atoms with E-state index >= 15 is 0 Å². The molecule has 0 radical (unpaired) electrons. The van der Waals surface area contributed by atoms with Crippen LogP contribution in [0, 0.1) is 5.92 Å². The Morgan fingerprint density at radius 3 is 2.06 bits per heavy atom. The van der Waals surface area contributed by atoms with E-state index < -0.39 is 0 Å². The summed E-state index contributed by atoms with van der Waals surface area (Å²) in [7, 11) is 0. The lowest BCUT2D eigenvalue weighted by Crippen LogP contribution is -2.29. The van der Waals surface area contributed by atoms with Crippen molar-refractivity contribution >= 4 is 11.6 Å². The molecule has 1 N–H and O–H groups in total. The number of nitrogens with one attached hydrogen (secondary N) is 1. The Hall–Kier alpha value is 0.250. The molecule has 0 bridgehead atoms. The van der Waals surface area contributed by atoms with E-state index in [1.807, 2.05) is 0 Å². The molecule has 0 aliphatic heterocycles. The Bertz CT molecular complexity index is 146. The maximum atomic E-state index is 6.37. The summed E-state index contributed by atoms with van der Waals surface area (Å²) in [5.41, 5.74) is 0. The molecule has 1 atom stereocenters. The highest BCUT2D eigenvalue weighted by Gasteiger charge is 2.14. The Morgan fingerprint density at radius 1 is 0.882 bits per heavy atom. The predicted octanol–water partition coefficient (Wildman–Crippen LogP) is 4.98. The van der Waals surface area contributed by atoms with Crippen LogP contribution in [0.25, 0.3) is 0 Å². The topological polar surface area (TPSA) is 12.0 Å². The van der Waals surface area contributed by atoms with E-state index in [4.69, 9.17) is 11.6 Å². The second kappa shape index (κ2) is 12.7. The van der Waals surface area contributed by atoms with Crippen LogP contribution in [0.4, 0.5) is 0 Å². The molecule has 0 saturated heterocycles. The summed E-state index contributed by atoms with van der Waals surface area (Å²) in [5.74, 6) is 0.675. The summed E-state index contributed by atoms with van der Waals surface area (Å²) < 4.78 is 0. The molecule has 2 heteroatoms. The van der Waals surface area contributed by atoms with Gasteiger partial charge in [-0.05, 0) is 18.9 Å². The molecule has 1 unspecified atom stereocenters. The van der Waals surface area contributed by atoms with Gasteiger partial charge in [0.25, 0.3) is 0 Å². The van der Waals surface area contributed by atoms with Crippen molar-refractivity contribution in [2.45, 2.75) is 77.5 Å². The van der Waals surface area contributed by atoms with Gasteiger partial charge in [0.1, 0.15) is 0 Å². The SMILES string of the molecule is CCCCCCCCNCC(Cl)C(CC)CC. The van der Waals surface area contributed by atoms with Crippen molar-refractivity contribution < 1.29 is 0 Å². The Balaban J connectivity index is 3.27. The van der Waals surface area contributed by atoms with Crippen LogP contribution in [0.15, 0.2) is 0 Å². The number of unbranched alkanes of at least 4 members (excludes halogenated alkanes) is 5. The van der Waals surface area contributed by atoms with Crippen molar-refractivity contribution in [3.63, 3.8) is 0 Å². The van der Waals surface area contributed by atoms with Gasteiger partial charge in [-0.15, -0.1) is 11.6 Å². The van der Waals surface area contributed by atoms with Gasteiger partial charge < -0.3 is 5.32 Å². The second-order valence-electron chi connectivity index (χ2n) is 5.06. The molecule has 0 aromatic heterocycles. The normalized spacial score (nSPS) is 13.2. The number of rotatable bonds is 12. The second-order valence-corrected chi connectivity index (χ2v) is 5.63. The molecule has 0 amide bonds. The van der Waals surface area contributed by atoms with Crippen LogP contribution in [-0.4, -0.2) is 18.5 Å². The fourth-order valence-corrected chi connectivity index (χ4v) is 2.70. The van der Waals surface area contributed by atoms with Crippen molar-refractivity contribution in [3.05, 3.63) is 0 Å². The zero-order valence-electron chi connectivity index (χ0n) is 12.1. The minimum atomic E-state index is 0.310. The van der Waals surface area contributed by atoms with Gasteiger partial charge in [-0.2, -0.15) is 0 Å². The summed E-state index contributed by atoms with van der Waals surface area (Å²) in [6, 6.07) is 0. The molecule has 0 spiro atoms. The van der Waals surface area contributed by atoms with Gasteiger partial charge in [0.15, 0.2) is 0 Å². The van der Waals surface area contributed by atoms with Crippen molar-refractivity contribution in [2.75, 3.05) is 13.1 Å². The van der Waals surface area contributed by atoms with Gasteiger partial charge in [0.05, 0.1) is 0 Å². The first kappa shape index (κ1) is 17.2. The zero-order valence-corrected chi connectivity index (χ0v) is 12.9. The van der Waals surface area contributed by atoms with Crippen LogP contribution in [0.3, 0.4) is 0 Å². The van der Waals surface area contributed by atoms with Gasteiger partial charge >= 0.3 is 0 Å². The van der Waals surface area contributed by atoms with Crippen LogP contribution in [-0.2, 0) is 0 Å². The zero-order chi connectivity index (χ0) is 12.9. The lowest BCUT2D eigenvalue weighted by molar-refractivity contribution is 0.443. The van der Waals surface area contributed by atoms with E-state index in [1.165, 1.54) is 51.4 Å². The molecule has 0 fully saturated rings. The molecule has 0 aliphatic rings. The molecular weight excluding hydrogens is 230 g/mol. The van der Waals surface area contributed by atoms with Crippen LogP contribution < -0.4 is 5.32 Å². The lowest BCUT2D eigenvalue weighted by Gasteiger charge is -2.19. The molecular formula is C15H32ClN. The minimum absolute atomic E-state index is 0.310. The third kappa shape index (κ3) is 9.91. The molecule has 0 aliphatic carbocycles. The van der Waals surface area contributed by atoms with Gasteiger partial charge in [0.2, 0.25) is 0 Å². The summed E-state index contributed by atoms with van der Waals surface area (Å²) in [6.45, 7) is 8.84. The third-order valence-electron chi connectivity index (χ3n) is 3.61. The molecule has 0 heterocycles. The predicted molar refractivity (Wildman–Crippen MR) is 80.0 cm³/mol. The summed E-state index contributed by atoms with van der Waals surface area (Å²) in [6.07, 6.45) is 10.6. The monoisotopic (exact) mass is 261 g/mol. The molecule has 0 saturated carbocycles. The average Bonchev–Trinajstić information content (AvgIpc) is 2.34. The minimum Gasteiger partial charge on any atom is -0.315 e. The standard InChI is InChI=1S/C15H32ClN/c1-4-7-8-9-10-11-12-17-13-15(16)14(5-2)6-3/h14-15,17H,4-13H2,1-3H3. The molecule has 0 rings (SSSR count). The van der Waals surface area contributed by atoms with Crippen LogP contribution in [0.5, 0.6) is 0 Å². The van der Waals surface area contributed by atoms with E-state index in [0.29, 0.717) is 11.3 Å². The highest BCUT2D eigenvalue weighted by Crippen LogP contribution is 2.17. The molecule has 0 aromatic rings. The Labute approximate surface area is 114 Å². The van der Waals surface area contributed by atoms with Crippen molar-refractivity contribution in [1.29, 1.82) is 0 Å². The number of halogens is 1. The summed E-state index contributed by atoms with van der Waals surface area (Å²) in [5, 5.41) is 3.80. The van der Waals surface area contributed by atoms with E-state index in [1.54, 1.807) is 0 Å². The Morgan fingerprint density at radius 2 is 1.47 bits per heavy atom. The average molecular weight is 262 g/mol. The van der Waals surface area contributed by atoms with E-state index in [9.17, 15) is 0 Å². The number of hydrogen-bond acceptors (Lipinski definition) is 1. The van der Waals surface area contributed by atoms with Gasteiger partial charge in [0, 0.05) is 11.9 Å². The van der Waals surface area contributed by atoms with Gasteiger partial charge in [-0.1, -0.05) is 65.7 Å². The number of hydrogen-bond donors (Lipinski definition) is 1. The summed E-state index contributed by atoms with van der Waals surface area (Å²) >= 11 is 6.37. The van der Waals surface area contributed by atoms with E-state index in [2.05, 4.69) is 26.1 Å². The summed E-state index contributed by atoms with van der Waals surface area (Å²) in [4.78, 5) is 0. The van der Waals surface area contributed by atoms with Crippen LogP contribution in [0.2, 0.25) is 0 Å². The fourth-order valence-electron chi connectivity index (χ4n) is 2.24. The van der Waals surface area contributed by atoms with Crippen LogP contribution in [0.1, 0.15) is 72.1 Å². The van der Waals surface area contributed by atoms with Crippen molar-refractivity contribution in [3.8, 4) is 0 Å². The maximum Gasteiger partial charge on any atom is 0.0488 e. The maximum absolute atomic E-state index is 6.37. The van der Waals surface area contributed by atoms with Crippen LogP contribution >= 0.6 is 11.6 Å². The molecule has 1 nitrogen and oxygen atoms in total. The highest BCUT2D eigenvalue weighted by atomic mass is 35.5. The third-order valence-corrected chi connectivity index (χ3v) is 4.12. The van der Waals surface area contributed by atoms with Gasteiger partial charge in [-0.25, -0.2) is 0 Å². The van der Waals surface area contributed by atoms with Crippen molar-refractivity contribution in [2.24, 2.45) is 5.92 Å². The number of alkyl halides is 1. The first-order chi connectivity index (χ1) is 8.26. The smallest absolute Gasteiger partial charge is 0.0488 e. The highest BCUT2D eigenvalue weighted by molar-refractivity contribution is 6.21.